The SMILES string of the molecule is CCc1nn(C)cc1C(=O)NC1(CN)CCC(C)CC1. The quantitative estimate of drug-likeness (QED) is 0.879. The van der Waals surface area contributed by atoms with Crippen LogP contribution in [0.15, 0.2) is 6.20 Å². The number of aromatic nitrogens is 2. The van der Waals surface area contributed by atoms with Crippen LogP contribution >= 0.6 is 0 Å². The predicted molar refractivity (Wildman–Crippen MR) is 79.5 cm³/mol. The van der Waals surface area contributed by atoms with Gasteiger partial charge in [0.15, 0.2) is 0 Å². The Hall–Kier alpha value is -1.36. The summed E-state index contributed by atoms with van der Waals surface area (Å²) >= 11 is 0. The van der Waals surface area contributed by atoms with Gasteiger partial charge in [0, 0.05) is 19.8 Å². The minimum absolute atomic E-state index is 0.0325. The zero-order valence-electron chi connectivity index (χ0n) is 12.8. The van der Waals surface area contributed by atoms with Crippen molar-refractivity contribution in [3.63, 3.8) is 0 Å². The highest BCUT2D eigenvalue weighted by atomic mass is 16.1. The van der Waals surface area contributed by atoms with Crippen molar-refractivity contribution in [2.75, 3.05) is 6.54 Å². The lowest BCUT2D eigenvalue weighted by Gasteiger charge is -2.39. The lowest BCUT2D eigenvalue weighted by Crippen LogP contribution is -2.55. The van der Waals surface area contributed by atoms with Crippen LogP contribution in [-0.4, -0.2) is 27.8 Å². The van der Waals surface area contributed by atoms with Crippen molar-refractivity contribution >= 4 is 5.91 Å². The molecule has 0 atom stereocenters. The number of nitrogens with zero attached hydrogens (tertiary/aromatic N) is 2. The summed E-state index contributed by atoms with van der Waals surface area (Å²) in [6, 6.07) is 0. The van der Waals surface area contributed by atoms with Gasteiger partial charge in [-0.05, 0) is 38.0 Å². The molecule has 1 amide bonds. The first-order chi connectivity index (χ1) is 9.49. The zero-order chi connectivity index (χ0) is 14.8. The maximum Gasteiger partial charge on any atom is 0.255 e. The number of amides is 1. The molecule has 0 saturated heterocycles. The monoisotopic (exact) mass is 278 g/mol. The summed E-state index contributed by atoms with van der Waals surface area (Å²) < 4.78 is 1.70. The van der Waals surface area contributed by atoms with Crippen LogP contribution in [-0.2, 0) is 13.5 Å². The summed E-state index contributed by atoms with van der Waals surface area (Å²) in [5.41, 5.74) is 7.25. The van der Waals surface area contributed by atoms with Gasteiger partial charge in [0.1, 0.15) is 0 Å². The number of rotatable bonds is 4. The first-order valence-electron chi connectivity index (χ1n) is 7.55. The third-order valence-corrected chi connectivity index (χ3v) is 4.49. The van der Waals surface area contributed by atoms with Gasteiger partial charge in [0.25, 0.3) is 5.91 Å². The molecule has 1 aliphatic rings. The first-order valence-corrected chi connectivity index (χ1v) is 7.55. The Morgan fingerprint density at radius 1 is 1.55 bits per heavy atom. The predicted octanol–water partition coefficient (Wildman–Crippen LogP) is 1.62. The average Bonchev–Trinajstić information content (AvgIpc) is 2.83. The number of carbonyl (C=O) groups excluding carboxylic acids is 1. The topological polar surface area (TPSA) is 72.9 Å². The molecular weight excluding hydrogens is 252 g/mol. The molecule has 0 spiro atoms. The molecule has 1 aromatic rings. The third kappa shape index (κ3) is 3.03. The molecule has 0 radical (unpaired) electrons. The van der Waals surface area contributed by atoms with E-state index in [2.05, 4.69) is 17.3 Å². The second-order valence-electron chi connectivity index (χ2n) is 6.14. The van der Waals surface area contributed by atoms with Crippen LogP contribution in [0.4, 0.5) is 0 Å². The largest absolute Gasteiger partial charge is 0.345 e. The molecule has 0 aliphatic heterocycles. The van der Waals surface area contributed by atoms with Gasteiger partial charge in [-0.3, -0.25) is 9.48 Å². The lowest BCUT2D eigenvalue weighted by molar-refractivity contribution is 0.0859. The Bertz CT molecular complexity index is 472. The molecule has 112 valence electrons. The molecule has 1 fully saturated rings. The Morgan fingerprint density at radius 3 is 2.75 bits per heavy atom. The van der Waals surface area contributed by atoms with Gasteiger partial charge in [-0.15, -0.1) is 0 Å². The highest BCUT2D eigenvalue weighted by molar-refractivity contribution is 5.95. The van der Waals surface area contributed by atoms with Crippen molar-refractivity contribution in [3.8, 4) is 0 Å². The molecule has 1 aromatic heterocycles. The molecule has 5 nitrogen and oxygen atoms in total. The Morgan fingerprint density at radius 2 is 2.20 bits per heavy atom. The van der Waals surface area contributed by atoms with E-state index in [-0.39, 0.29) is 11.4 Å². The van der Waals surface area contributed by atoms with E-state index in [9.17, 15) is 4.79 Å². The van der Waals surface area contributed by atoms with Crippen LogP contribution in [0.2, 0.25) is 0 Å². The summed E-state index contributed by atoms with van der Waals surface area (Å²) in [5, 5.41) is 7.52. The van der Waals surface area contributed by atoms with E-state index in [0.29, 0.717) is 12.1 Å². The molecule has 1 aliphatic carbocycles. The highest BCUT2D eigenvalue weighted by Gasteiger charge is 2.35. The third-order valence-electron chi connectivity index (χ3n) is 4.49. The van der Waals surface area contributed by atoms with E-state index in [4.69, 9.17) is 5.73 Å². The standard InChI is InChI=1S/C15H26N4O/c1-4-13-12(9-19(3)18-13)14(20)17-15(10-16)7-5-11(2)6-8-15/h9,11H,4-8,10,16H2,1-3H3,(H,17,20). The molecule has 0 aromatic carbocycles. The highest BCUT2D eigenvalue weighted by Crippen LogP contribution is 2.31. The second-order valence-corrected chi connectivity index (χ2v) is 6.14. The number of nitrogens with two attached hydrogens (primary N) is 1. The van der Waals surface area contributed by atoms with E-state index in [1.807, 2.05) is 14.0 Å². The van der Waals surface area contributed by atoms with Crippen LogP contribution in [0.25, 0.3) is 0 Å². The molecular formula is C15H26N4O. The Balaban J connectivity index is 2.13. The zero-order valence-corrected chi connectivity index (χ0v) is 12.8. The molecule has 0 bridgehead atoms. The number of hydrogen-bond acceptors (Lipinski definition) is 3. The normalized spacial score (nSPS) is 26.5. The maximum atomic E-state index is 12.5. The van der Waals surface area contributed by atoms with Crippen molar-refractivity contribution < 1.29 is 4.79 Å². The van der Waals surface area contributed by atoms with Gasteiger partial charge in [-0.1, -0.05) is 13.8 Å². The number of hydrogen-bond donors (Lipinski definition) is 2. The number of carbonyl (C=O) groups is 1. The van der Waals surface area contributed by atoms with E-state index in [1.165, 1.54) is 0 Å². The fourth-order valence-corrected chi connectivity index (χ4v) is 2.99. The van der Waals surface area contributed by atoms with Crippen molar-refractivity contribution in [1.82, 2.24) is 15.1 Å². The minimum Gasteiger partial charge on any atom is -0.345 e. The summed E-state index contributed by atoms with van der Waals surface area (Å²) in [5.74, 6) is 0.700. The van der Waals surface area contributed by atoms with Crippen molar-refractivity contribution in [2.45, 2.75) is 51.5 Å². The van der Waals surface area contributed by atoms with E-state index in [0.717, 1.165) is 43.7 Å². The van der Waals surface area contributed by atoms with Gasteiger partial charge < -0.3 is 11.1 Å². The van der Waals surface area contributed by atoms with Crippen LogP contribution in [0.1, 0.15) is 55.6 Å². The van der Waals surface area contributed by atoms with Gasteiger partial charge in [0.05, 0.1) is 16.8 Å². The Labute approximate surface area is 120 Å². The van der Waals surface area contributed by atoms with Crippen molar-refractivity contribution in [3.05, 3.63) is 17.5 Å². The van der Waals surface area contributed by atoms with E-state index in [1.54, 1.807) is 10.9 Å². The minimum atomic E-state index is -0.232. The van der Waals surface area contributed by atoms with Crippen LogP contribution < -0.4 is 11.1 Å². The molecule has 1 saturated carbocycles. The van der Waals surface area contributed by atoms with E-state index < -0.39 is 0 Å². The molecule has 5 heteroatoms. The van der Waals surface area contributed by atoms with Gasteiger partial charge in [0.2, 0.25) is 0 Å². The van der Waals surface area contributed by atoms with E-state index >= 15 is 0 Å². The summed E-state index contributed by atoms with van der Waals surface area (Å²) in [6.45, 7) is 4.78. The second kappa shape index (κ2) is 5.95. The van der Waals surface area contributed by atoms with Crippen molar-refractivity contribution in [2.24, 2.45) is 18.7 Å². The average molecular weight is 278 g/mol. The lowest BCUT2D eigenvalue weighted by atomic mass is 9.77. The van der Waals surface area contributed by atoms with Gasteiger partial charge in [-0.2, -0.15) is 5.10 Å². The maximum absolute atomic E-state index is 12.5. The number of nitrogens with one attached hydrogen (secondary N) is 1. The first kappa shape index (κ1) is 15.0. The van der Waals surface area contributed by atoms with Crippen LogP contribution in [0.3, 0.4) is 0 Å². The fourth-order valence-electron chi connectivity index (χ4n) is 2.99. The van der Waals surface area contributed by atoms with Crippen molar-refractivity contribution in [1.29, 1.82) is 0 Å². The van der Waals surface area contributed by atoms with Crippen LogP contribution in [0.5, 0.6) is 0 Å². The summed E-state index contributed by atoms with van der Waals surface area (Å²) in [6.07, 6.45) is 6.76. The smallest absolute Gasteiger partial charge is 0.255 e. The Kier molecular flexibility index (Phi) is 4.48. The number of aryl methyl sites for hydroxylation is 2. The van der Waals surface area contributed by atoms with Crippen LogP contribution in [0, 0.1) is 5.92 Å². The summed E-state index contributed by atoms with van der Waals surface area (Å²) in [7, 11) is 1.84. The molecule has 20 heavy (non-hydrogen) atoms. The fraction of sp³-hybridized carbons (Fsp3) is 0.733. The molecule has 1 heterocycles. The van der Waals surface area contributed by atoms with Gasteiger partial charge in [-0.25, -0.2) is 0 Å². The molecule has 3 N–H and O–H groups in total. The molecule has 2 rings (SSSR count). The molecule has 0 unspecified atom stereocenters. The summed E-state index contributed by atoms with van der Waals surface area (Å²) in [4.78, 5) is 12.5. The van der Waals surface area contributed by atoms with Gasteiger partial charge >= 0.3 is 0 Å².